The van der Waals surface area contributed by atoms with E-state index in [1.165, 1.54) is 5.56 Å². The minimum absolute atomic E-state index is 0.101. The van der Waals surface area contributed by atoms with Gasteiger partial charge in [-0.3, -0.25) is 0 Å². The average molecular weight is 264 g/mol. The molecule has 0 bridgehead atoms. The molecule has 0 spiro atoms. The Balaban J connectivity index is 3.19. The van der Waals surface area contributed by atoms with Crippen LogP contribution in [0.2, 0.25) is 0 Å². The van der Waals surface area contributed by atoms with Gasteiger partial charge in [0.25, 0.3) is 0 Å². The summed E-state index contributed by atoms with van der Waals surface area (Å²) in [5.74, 6) is 0.591. The molecule has 0 saturated heterocycles. The second-order valence-electron chi connectivity index (χ2n) is 5.66. The van der Waals surface area contributed by atoms with Gasteiger partial charge in [0.05, 0.1) is 0 Å². The zero-order chi connectivity index (χ0) is 14.4. The van der Waals surface area contributed by atoms with E-state index in [-0.39, 0.29) is 11.5 Å². The number of phenolic OH excluding ortho intramolecular Hbond substituents is 2. The molecule has 0 atom stereocenters. The van der Waals surface area contributed by atoms with E-state index in [0.717, 1.165) is 49.7 Å². The normalized spacial score (nSPS) is 11.2. The van der Waals surface area contributed by atoms with Gasteiger partial charge in [-0.15, -0.1) is 0 Å². The van der Waals surface area contributed by atoms with Crippen LogP contribution in [0, 0.1) is 0 Å². The molecule has 0 heterocycles. The van der Waals surface area contributed by atoms with Crippen molar-refractivity contribution in [1.82, 2.24) is 0 Å². The maximum Gasteiger partial charge on any atom is 0.161 e. The highest BCUT2D eigenvalue weighted by Gasteiger charge is 2.18. The molecule has 19 heavy (non-hydrogen) atoms. The highest BCUT2D eigenvalue weighted by molar-refractivity contribution is 5.55. The zero-order valence-electron chi connectivity index (χ0n) is 12.8. The Labute approximate surface area is 117 Å². The SMILES string of the molecule is CCCCc1cc(C(C)C)c(CCCC)c(O)c1O. The Hall–Kier alpha value is -1.18. The second kappa shape index (κ2) is 7.42. The van der Waals surface area contributed by atoms with Crippen molar-refractivity contribution in [1.29, 1.82) is 0 Å². The molecule has 0 amide bonds. The number of rotatable bonds is 7. The average Bonchev–Trinajstić information content (AvgIpc) is 2.38. The van der Waals surface area contributed by atoms with Gasteiger partial charge >= 0.3 is 0 Å². The Bertz CT molecular complexity index is 408. The molecular formula is C17H28O2. The first kappa shape index (κ1) is 15.9. The summed E-state index contributed by atoms with van der Waals surface area (Å²) >= 11 is 0. The van der Waals surface area contributed by atoms with Crippen LogP contribution in [-0.2, 0) is 12.8 Å². The third-order valence-corrected chi connectivity index (χ3v) is 3.69. The summed E-state index contributed by atoms with van der Waals surface area (Å²) in [6.07, 6.45) is 5.95. The number of benzene rings is 1. The Morgan fingerprint density at radius 2 is 1.53 bits per heavy atom. The molecule has 2 nitrogen and oxygen atoms in total. The molecule has 1 rings (SSSR count). The maximum absolute atomic E-state index is 10.3. The summed E-state index contributed by atoms with van der Waals surface area (Å²) in [6, 6.07) is 2.10. The van der Waals surface area contributed by atoms with Crippen molar-refractivity contribution in [3.63, 3.8) is 0 Å². The maximum atomic E-state index is 10.3. The minimum Gasteiger partial charge on any atom is -0.504 e. The van der Waals surface area contributed by atoms with Gasteiger partial charge in [0.2, 0.25) is 0 Å². The molecule has 1 aromatic rings. The van der Waals surface area contributed by atoms with Crippen LogP contribution >= 0.6 is 0 Å². The van der Waals surface area contributed by atoms with Gasteiger partial charge in [0.15, 0.2) is 11.5 Å². The molecule has 0 unspecified atom stereocenters. The standard InChI is InChI=1S/C17H28O2/c1-5-7-9-13-11-15(12(3)4)14(10-8-6-2)17(19)16(13)18/h11-12,18-19H,5-10H2,1-4H3. The lowest BCUT2D eigenvalue weighted by atomic mass is 9.89. The first-order valence-electron chi connectivity index (χ1n) is 7.59. The van der Waals surface area contributed by atoms with Crippen LogP contribution in [0.3, 0.4) is 0 Å². The van der Waals surface area contributed by atoms with E-state index in [1.807, 2.05) is 0 Å². The number of phenols is 2. The van der Waals surface area contributed by atoms with Crippen LogP contribution in [0.15, 0.2) is 6.07 Å². The van der Waals surface area contributed by atoms with Gasteiger partial charge in [0, 0.05) is 5.56 Å². The highest BCUT2D eigenvalue weighted by Crippen LogP contribution is 2.39. The molecule has 2 heteroatoms. The Morgan fingerprint density at radius 3 is 2.05 bits per heavy atom. The quantitative estimate of drug-likeness (QED) is 0.687. The fraction of sp³-hybridized carbons (Fsp3) is 0.647. The second-order valence-corrected chi connectivity index (χ2v) is 5.66. The molecule has 0 aliphatic heterocycles. The van der Waals surface area contributed by atoms with Crippen molar-refractivity contribution in [2.45, 2.75) is 72.1 Å². The predicted molar refractivity (Wildman–Crippen MR) is 81.1 cm³/mol. The van der Waals surface area contributed by atoms with E-state index < -0.39 is 0 Å². The number of hydrogen-bond donors (Lipinski definition) is 2. The monoisotopic (exact) mass is 264 g/mol. The van der Waals surface area contributed by atoms with Crippen LogP contribution < -0.4 is 0 Å². The van der Waals surface area contributed by atoms with Crippen molar-refractivity contribution in [2.24, 2.45) is 0 Å². The van der Waals surface area contributed by atoms with Crippen molar-refractivity contribution in [3.8, 4) is 11.5 Å². The summed E-state index contributed by atoms with van der Waals surface area (Å²) in [6.45, 7) is 8.56. The van der Waals surface area contributed by atoms with Gasteiger partial charge in [-0.05, 0) is 42.7 Å². The smallest absolute Gasteiger partial charge is 0.161 e. The first-order valence-corrected chi connectivity index (χ1v) is 7.59. The van der Waals surface area contributed by atoms with E-state index >= 15 is 0 Å². The third kappa shape index (κ3) is 3.89. The fourth-order valence-electron chi connectivity index (χ4n) is 2.46. The number of aromatic hydroxyl groups is 2. The molecule has 1 aromatic carbocycles. The lowest BCUT2D eigenvalue weighted by Gasteiger charge is -2.18. The van der Waals surface area contributed by atoms with Crippen LogP contribution in [0.4, 0.5) is 0 Å². The molecule has 2 N–H and O–H groups in total. The van der Waals surface area contributed by atoms with Gasteiger partial charge < -0.3 is 10.2 Å². The van der Waals surface area contributed by atoms with E-state index in [0.29, 0.717) is 5.92 Å². The van der Waals surface area contributed by atoms with Crippen LogP contribution in [0.25, 0.3) is 0 Å². The molecule has 0 aromatic heterocycles. The van der Waals surface area contributed by atoms with Gasteiger partial charge in [-0.1, -0.05) is 46.6 Å². The number of aryl methyl sites for hydroxylation is 1. The minimum atomic E-state index is 0.101. The lowest BCUT2D eigenvalue weighted by Crippen LogP contribution is -2.01. The molecule has 108 valence electrons. The third-order valence-electron chi connectivity index (χ3n) is 3.69. The number of unbranched alkanes of at least 4 members (excludes halogenated alkanes) is 2. The molecule has 0 radical (unpaired) electrons. The first-order chi connectivity index (χ1) is 9.02. The molecule has 0 aliphatic carbocycles. The van der Waals surface area contributed by atoms with Gasteiger partial charge in [0.1, 0.15) is 0 Å². The highest BCUT2D eigenvalue weighted by atomic mass is 16.3. The zero-order valence-corrected chi connectivity index (χ0v) is 12.8. The summed E-state index contributed by atoms with van der Waals surface area (Å²) in [4.78, 5) is 0. The van der Waals surface area contributed by atoms with Crippen molar-refractivity contribution < 1.29 is 10.2 Å². The van der Waals surface area contributed by atoms with Crippen LogP contribution in [-0.4, -0.2) is 10.2 Å². The summed E-state index contributed by atoms with van der Waals surface area (Å²) in [5, 5.41) is 20.4. The largest absolute Gasteiger partial charge is 0.504 e. The van der Waals surface area contributed by atoms with Crippen molar-refractivity contribution >= 4 is 0 Å². The van der Waals surface area contributed by atoms with E-state index in [2.05, 4.69) is 33.8 Å². The van der Waals surface area contributed by atoms with E-state index in [1.54, 1.807) is 0 Å². The Kier molecular flexibility index (Phi) is 6.20. The fourth-order valence-corrected chi connectivity index (χ4v) is 2.46. The molecule has 0 fully saturated rings. The van der Waals surface area contributed by atoms with Gasteiger partial charge in [-0.25, -0.2) is 0 Å². The van der Waals surface area contributed by atoms with Crippen molar-refractivity contribution in [2.75, 3.05) is 0 Å². The van der Waals surface area contributed by atoms with Crippen LogP contribution in [0.5, 0.6) is 11.5 Å². The van der Waals surface area contributed by atoms with Crippen LogP contribution in [0.1, 0.15) is 76.0 Å². The predicted octanol–water partition coefficient (Wildman–Crippen LogP) is 4.91. The number of hydrogen-bond acceptors (Lipinski definition) is 2. The molecule has 0 aliphatic rings. The summed E-state index contributed by atoms with van der Waals surface area (Å²) in [7, 11) is 0. The summed E-state index contributed by atoms with van der Waals surface area (Å²) in [5.41, 5.74) is 3.02. The topological polar surface area (TPSA) is 40.5 Å². The van der Waals surface area contributed by atoms with E-state index in [4.69, 9.17) is 0 Å². The Morgan fingerprint density at radius 1 is 0.947 bits per heavy atom. The molecular weight excluding hydrogens is 236 g/mol. The molecule has 0 saturated carbocycles. The lowest BCUT2D eigenvalue weighted by molar-refractivity contribution is 0.392. The van der Waals surface area contributed by atoms with E-state index in [9.17, 15) is 10.2 Å². The van der Waals surface area contributed by atoms with Crippen molar-refractivity contribution in [3.05, 3.63) is 22.8 Å². The van der Waals surface area contributed by atoms with Gasteiger partial charge in [-0.2, -0.15) is 0 Å². The summed E-state index contributed by atoms with van der Waals surface area (Å²) < 4.78 is 0.